The highest BCUT2D eigenvalue weighted by Crippen LogP contribution is 2.35. The fraction of sp³-hybridized carbons (Fsp3) is 0.286. The van der Waals surface area contributed by atoms with Crippen LogP contribution >= 0.6 is 27.3 Å². The van der Waals surface area contributed by atoms with Crippen molar-refractivity contribution in [2.24, 2.45) is 5.84 Å². The highest BCUT2D eigenvalue weighted by Gasteiger charge is 2.18. The van der Waals surface area contributed by atoms with Crippen LogP contribution < -0.4 is 11.3 Å². The van der Waals surface area contributed by atoms with Gasteiger partial charge < -0.3 is 0 Å². The first kappa shape index (κ1) is 13.7. The summed E-state index contributed by atoms with van der Waals surface area (Å²) in [6, 6.07) is 8.58. The van der Waals surface area contributed by atoms with Crippen molar-refractivity contribution in [1.82, 2.24) is 5.43 Å². The fourth-order valence-corrected chi connectivity index (χ4v) is 3.69. The Balaban J connectivity index is 2.48. The smallest absolute Gasteiger partial charge is 0.0805 e. The second kappa shape index (κ2) is 5.53. The zero-order valence-corrected chi connectivity index (χ0v) is 13.2. The largest absolute Gasteiger partial charge is 0.271 e. The quantitative estimate of drug-likeness (QED) is 0.661. The molecule has 1 aromatic carbocycles. The lowest BCUT2D eigenvalue weighted by atomic mass is 9.97. The van der Waals surface area contributed by atoms with Crippen LogP contribution in [0.25, 0.3) is 0 Å². The van der Waals surface area contributed by atoms with Gasteiger partial charge in [-0.05, 0) is 65.0 Å². The van der Waals surface area contributed by atoms with Crippen molar-refractivity contribution in [2.45, 2.75) is 26.8 Å². The molecule has 3 N–H and O–H groups in total. The van der Waals surface area contributed by atoms with Gasteiger partial charge in [0.1, 0.15) is 0 Å². The maximum atomic E-state index is 5.76. The van der Waals surface area contributed by atoms with E-state index in [-0.39, 0.29) is 6.04 Å². The Hall–Kier alpha value is -0.680. The highest BCUT2D eigenvalue weighted by atomic mass is 79.9. The maximum absolute atomic E-state index is 5.76. The van der Waals surface area contributed by atoms with Crippen molar-refractivity contribution in [2.75, 3.05) is 0 Å². The van der Waals surface area contributed by atoms with Crippen molar-refractivity contribution >= 4 is 27.3 Å². The minimum Gasteiger partial charge on any atom is -0.271 e. The third-order valence-corrected chi connectivity index (χ3v) is 5.49. The topological polar surface area (TPSA) is 38.0 Å². The molecule has 0 fully saturated rings. The van der Waals surface area contributed by atoms with Gasteiger partial charge in [-0.1, -0.05) is 18.2 Å². The van der Waals surface area contributed by atoms with E-state index in [0.29, 0.717) is 0 Å². The standard InChI is InChI=1S/C14H17BrN2S/c1-8-5-4-6-11(10(8)3)13(17-16)12-7-9(2)14(15)18-12/h4-7,13,17H,16H2,1-3H3. The van der Waals surface area contributed by atoms with Gasteiger partial charge in [0.05, 0.1) is 9.83 Å². The zero-order valence-electron chi connectivity index (χ0n) is 10.8. The van der Waals surface area contributed by atoms with Crippen LogP contribution in [0.1, 0.15) is 33.2 Å². The minimum atomic E-state index is 0.0555. The van der Waals surface area contributed by atoms with Gasteiger partial charge >= 0.3 is 0 Å². The lowest BCUT2D eigenvalue weighted by Gasteiger charge is -2.18. The first-order valence-electron chi connectivity index (χ1n) is 5.82. The number of hydrazine groups is 1. The number of halogens is 1. The Morgan fingerprint density at radius 2 is 1.94 bits per heavy atom. The van der Waals surface area contributed by atoms with Crippen LogP contribution in [-0.4, -0.2) is 0 Å². The molecule has 0 radical (unpaired) electrons. The number of nitrogens with one attached hydrogen (secondary N) is 1. The van der Waals surface area contributed by atoms with Crippen LogP contribution in [0, 0.1) is 20.8 Å². The number of hydrogen-bond donors (Lipinski definition) is 2. The monoisotopic (exact) mass is 324 g/mol. The molecule has 4 heteroatoms. The van der Waals surface area contributed by atoms with Gasteiger partial charge in [-0.15, -0.1) is 11.3 Å². The fourth-order valence-electron chi connectivity index (χ4n) is 2.04. The lowest BCUT2D eigenvalue weighted by molar-refractivity contribution is 0.642. The van der Waals surface area contributed by atoms with Crippen LogP contribution in [0.15, 0.2) is 28.1 Å². The van der Waals surface area contributed by atoms with E-state index in [4.69, 9.17) is 5.84 Å². The van der Waals surface area contributed by atoms with Crippen LogP contribution in [0.5, 0.6) is 0 Å². The van der Waals surface area contributed by atoms with E-state index in [0.717, 1.165) is 0 Å². The number of thiophene rings is 1. The number of rotatable bonds is 3. The molecule has 0 aliphatic rings. The molecule has 0 bridgehead atoms. The molecule has 2 nitrogen and oxygen atoms in total. The molecule has 1 unspecified atom stereocenters. The number of benzene rings is 1. The first-order chi connectivity index (χ1) is 8.54. The van der Waals surface area contributed by atoms with E-state index < -0.39 is 0 Å². The molecular weight excluding hydrogens is 308 g/mol. The Labute approximate surface area is 120 Å². The van der Waals surface area contributed by atoms with Crippen molar-refractivity contribution < 1.29 is 0 Å². The van der Waals surface area contributed by atoms with Crippen molar-refractivity contribution in [3.63, 3.8) is 0 Å². The molecule has 96 valence electrons. The number of hydrogen-bond acceptors (Lipinski definition) is 3. The predicted molar refractivity (Wildman–Crippen MR) is 81.8 cm³/mol. The van der Waals surface area contributed by atoms with E-state index in [2.05, 4.69) is 66.4 Å². The SMILES string of the molecule is Cc1cc(C(NN)c2cccc(C)c2C)sc1Br. The zero-order chi connectivity index (χ0) is 13.3. The molecule has 0 spiro atoms. The van der Waals surface area contributed by atoms with E-state index in [1.165, 1.54) is 30.9 Å². The van der Waals surface area contributed by atoms with Crippen LogP contribution in [-0.2, 0) is 0 Å². The highest BCUT2D eigenvalue weighted by molar-refractivity contribution is 9.11. The van der Waals surface area contributed by atoms with Crippen LogP contribution in [0.3, 0.4) is 0 Å². The van der Waals surface area contributed by atoms with Gasteiger partial charge in [-0.2, -0.15) is 0 Å². The first-order valence-corrected chi connectivity index (χ1v) is 7.43. The minimum absolute atomic E-state index is 0.0555. The molecule has 1 aromatic heterocycles. The molecule has 1 atom stereocenters. The summed E-state index contributed by atoms with van der Waals surface area (Å²) in [5.41, 5.74) is 8.01. The summed E-state index contributed by atoms with van der Waals surface area (Å²) in [7, 11) is 0. The predicted octanol–water partition coefficient (Wildman–Crippen LogP) is 3.99. The Morgan fingerprint density at radius 1 is 1.22 bits per heavy atom. The number of nitrogens with two attached hydrogens (primary N) is 1. The molecule has 0 saturated heterocycles. The molecule has 0 aliphatic carbocycles. The van der Waals surface area contributed by atoms with E-state index in [9.17, 15) is 0 Å². The molecule has 2 aromatic rings. The van der Waals surface area contributed by atoms with Gasteiger partial charge in [0.25, 0.3) is 0 Å². The normalized spacial score (nSPS) is 12.7. The van der Waals surface area contributed by atoms with Crippen LogP contribution in [0.4, 0.5) is 0 Å². The summed E-state index contributed by atoms with van der Waals surface area (Å²) in [6.45, 7) is 6.37. The van der Waals surface area contributed by atoms with Crippen molar-refractivity contribution in [3.8, 4) is 0 Å². The van der Waals surface area contributed by atoms with E-state index in [1.54, 1.807) is 11.3 Å². The number of aryl methyl sites for hydroxylation is 2. The average molecular weight is 325 g/mol. The summed E-state index contributed by atoms with van der Waals surface area (Å²) in [6.07, 6.45) is 0. The van der Waals surface area contributed by atoms with Gasteiger partial charge in [-0.25, -0.2) is 5.43 Å². The molecular formula is C14H17BrN2S. The Morgan fingerprint density at radius 3 is 2.50 bits per heavy atom. The Bertz CT molecular complexity index is 543. The third kappa shape index (κ3) is 2.52. The van der Waals surface area contributed by atoms with E-state index in [1.807, 2.05) is 0 Å². The summed E-state index contributed by atoms with van der Waals surface area (Å²) < 4.78 is 1.17. The molecule has 2 rings (SSSR count). The summed E-state index contributed by atoms with van der Waals surface area (Å²) in [5.74, 6) is 5.76. The average Bonchev–Trinajstić information content (AvgIpc) is 2.66. The Kier molecular flexibility index (Phi) is 4.22. The molecule has 0 amide bonds. The second-order valence-corrected chi connectivity index (χ2v) is 6.90. The molecule has 18 heavy (non-hydrogen) atoms. The molecule has 0 aliphatic heterocycles. The molecule has 1 heterocycles. The van der Waals surface area contributed by atoms with E-state index >= 15 is 0 Å². The van der Waals surface area contributed by atoms with Gasteiger partial charge in [-0.3, -0.25) is 5.84 Å². The summed E-state index contributed by atoms with van der Waals surface area (Å²) in [5, 5.41) is 0. The summed E-state index contributed by atoms with van der Waals surface area (Å²) in [4.78, 5) is 1.23. The van der Waals surface area contributed by atoms with Gasteiger partial charge in [0.2, 0.25) is 0 Å². The van der Waals surface area contributed by atoms with Gasteiger partial charge in [0.15, 0.2) is 0 Å². The third-order valence-electron chi connectivity index (χ3n) is 3.28. The molecule has 0 saturated carbocycles. The second-order valence-electron chi connectivity index (χ2n) is 4.49. The lowest BCUT2D eigenvalue weighted by Crippen LogP contribution is -2.28. The maximum Gasteiger partial charge on any atom is 0.0805 e. The van der Waals surface area contributed by atoms with Crippen LogP contribution in [0.2, 0.25) is 0 Å². The summed E-state index contributed by atoms with van der Waals surface area (Å²) >= 11 is 5.30. The van der Waals surface area contributed by atoms with Crippen molar-refractivity contribution in [3.05, 3.63) is 55.2 Å². The van der Waals surface area contributed by atoms with Gasteiger partial charge in [0, 0.05) is 4.88 Å². The van der Waals surface area contributed by atoms with Crippen molar-refractivity contribution in [1.29, 1.82) is 0 Å².